The maximum absolute atomic E-state index is 12.3. The van der Waals surface area contributed by atoms with Gasteiger partial charge in [0.15, 0.2) is 0 Å². The summed E-state index contributed by atoms with van der Waals surface area (Å²) in [5.74, 6) is -0.579. The first-order valence-electron chi connectivity index (χ1n) is 4.96. The van der Waals surface area contributed by atoms with Crippen molar-refractivity contribution in [1.29, 1.82) is 0 Å². The number of halogens is 4. The van der Waals surface area contributed by atoms with Crippen molar-refractivity contribution in [3.63, 3.8) is 0 Å². The predicted octanol–water partition coefficient (Wildman–Crippen LogP) is 3.65. The van der Waals surface area contributed by atoms with E-state index < -0.39 is 18.6 Å². The van der Waals surface area contributed by atoms with Crippen LogP contribution in [0.15, 0.2) is 24.3 Å². The molecule has 94 valence electrons. The molecule has 0 fully saturated rings. The van der Waals surface area contributed by atoms with Crippen LogP contribution < -0.4 is 4.90 Å². The molecule has 6 heteroatoms. The molecule has 1 aromatic carbocycles. The van der Waals surface area contributed by atoms with E-state index in [1.807, 2.05) is 0 Å². The standard InChI is InChI=1S/C11H11ClF3NO/c1-2-10(17)16(7-11(13,14)15)9-5-3-8(12)4-6-9/h3-6H,2,7H2,1H3. The molecule has 0 saturated heterocycles. The average molecular weight is 266 g/mol. The highest BCUT2D eigenvalue weighted by Crippen LogP contribution is 2.24. The second kappa shape index (κ2) is 5.40. The van der Waals surface area contributed by atoms with Gasteiger partial charge in [-0.25, -0.2) is 0 Å². The number of carbonyl (C=O) groups is 1. The third-order valence-electron chi connectivity index (χ3n) is 2.08. The van der Waals surface area contributed by atoms with Crippen molar-refractivity contribution in [1.82, 2.24) is 0 Å². The lowest BCUT2D eigenvalue weighted by Gasteiger charge is -2.23. The Kier molecular flexibility index (Phi) is 4.40. The molecule has 1 amide bonds. The molecule has 0 aliphatic rings. The third-order valence-corrected chi connectivity index (χ3v) is 2.33. The summed E-state index contributed by atoms with van der Waals surface area (Å²) in [7, 11) is 0. The lowest BCUT2D eigenvalue weighted by atomic mass is 10.2. The molecule has 17 heavy (non-hydrogen) atoms. The van der Waals surface area contributed by atoms with Crippen LogP contribution in [-0.4, -0.2) is 18.6 Å². The van der Waals surface area contributed by atoms with E-state index in [9.17, 15) is 18.0 Å². The van der Waals surface area contributed by atoms with Gasteiger partial charge in [0, 0.05) is 17.1 Å². The zero-order valence-electron chi connectivity index (χ0n) is 9.09. The fraction of sp³-hybridized carbons (Fsp3) is 0.364. The Hall–Kier alpha value is -1.23. The quantitative estimate of drug-likeness (QED) is 0.817. The number of anilines is 1. The van der Waals surface area contributed by atoms with E-state index in [2.05, 4.69) is 0 Å². The lowest BCUT2D eigenvalue weighted by Crippen LogP contribution is -2.38. The minimum Gasteiger partial charge on any atom is -0.303 e. The zero-order chi connectivity index (χ0) is 13.1. The number of benzene rings is 1. The molecule has 0 radical (unpaired) electrons. The summed E-state index contributed by atoms with van der Waals surface area (Å²) < 4.78 is 37.0. The first kappa shape index (κ1) is 13.8. The molecular formula is C11H11ClF3NO. The topological polar surface area (TPSA) is 20.3 Å². The molecule has 0 atom stereocenters. The number of hydrogen-bond donors (Lipinski definition) is 0. The molecule has 0 saturated carbocycles. The Balaban J connectivity index is 2.98. The predicted molar refractivity (Wildman–Crippen MR) is 60.2 cm³/mol. The van der Waals surface area contributed by atoms with E-state index in [1.54, 1.807) is 0 Å². The largest absolute Gasteiger partial charge is 0.406 e. The van der Waals surface area contributed by atoms with Crippen molar-refractivity contribution in [3.8, 4) is 0 Å². The molecule has 1 rings (SSSR count). The summed E-state index contributed by atoms with van der Waals surface area (Å²) in [6, 6.07) is 5.68. The second-order valence-corrected chi connectivity index (χ2v) is 3.86. The van der Waals surface area contributed by atoms with Crippen LogP contribution in [0.3, 0.4) is 0 Å². The van der Waals surface area contributed by atoms with E-state index in [0.29, 0.717) is 9.92 Å². The van der Waals surface area contributed by atoms with Gasteiger partial charge in [-0.15, -0.1) is 0 Å². The number of rotatable bonds is 3. The van der Waals surface area contributed by atoms with Crippen LogP contribution in [-0.2, 0) is 4.79 Å². The Morgan fingerprint density at radius 2 is 1.82 bits per heavy atom. The molecule has 0 unspecified atom stereocenters. The highest BCUT2D eigenvalue weighted by atomic mass is 35.5. The summed E-state index contributed by atoms with van der Waals surface area (Å²) in [5, 5.41) is 0.407. The Morgan fingerprint density at radius 1 is 1.29 bits per heavy atom. The number of alkyl halides is 3. The molecule has 0 N–H and O–H groups in total. The van der Waals surface area contributed by atoms with E-state index in [-0.39, 0.29) is 12.1 Å². The summed E-state index contributed by atoms with van der Waals surface area (Å²) in [5.41, 5.74) is 0.193. The van der Waals surface area contributed by atoms with Crippen molar-refractivity contribution in [2.45, 2.75) is 19.5 Å². The van der Waals surface area contributed by atoms with Gasteiger partial charge in [0.1, 0.15) is 6.54 Å². The van der Waals surface area contributed by atoms with Gasteiger partial charge >= 0.3 is 6.18 Å². The minimum atomic E-state index is -4.43. The van der Waals surface area contributed by atoms with Gasteiger partial charge in [-0.2, -0.15) is 13.2 Å². The van der Waals surface area contributed by atoms with Crippen LogP contribution in [0.5, 0.6) is 0 Å². The fourth-order valence-corrected chi connectivity index (χ4v) is 1.44. The fourth-order valence-electron chi connectivity index (χ4n) is 1.31. The molecule has 0 aliphatic carbocycles. The highest BCUT2D eigenvalue weighted by Gasteiger charge is 2.33. The van der Waals surface area contributed by atoms with Gasteiger partial charge in [-0.3, -0.25) is 4.79 Å². The maximum Gasteiger partial charge on any atom is 0.406 e. The third kappa shape index (κ3) is 4.26. The van der Waals surface area contributed by atoms with Gasteiger partial charge in [0.05, 0.1) is 0 Å². The van der Waals surface area contributed by atoms with Gasteiger partial charge < -0.3 is 4.90 Å². The Bertz CT molecular complexity index is 389. The van der Waals surface area contributed by atoms with Crippen LogP contribution in [0, 0.1) is 0 Å². The normalized spacial score (nSPS) is 11.4. The maximum atomic E-state index is 12.3. The molecule has 0 aromatic heterocycles. The van der Waals surface area contributed by atoms with Crippen LogP contribution in [0.2, 0.25) is 5.02 Å². The first-order valence-corrected chi connectivity index (χ1v) is 5.34. The smallest absolute Gasteiger partial charge is 0.303 e. The molecule has 0 heterocycles. The van der Waals surface area contributed by atoms with Crippen molar-refractivity contribution >= 4 is 23.2 Å². The molecule has 0 aliphatic heterocycles. The molecule has 0 bridgehead atoms. The van der Waals surface area contributed by atoms with E-state index in [4.69, 9.17) is 11.6 Å². The average Bonchev–Trinajstić information content (AvgIpc) is 2.25. The second-order valence-electron chi connectivity index (χ2n) is 3.43. The van der Waals surface area contributed by atoms with Gasteiger partial charge in [-0.05, 0) is 24.3 Å². The van der Waals surface area contributed by atoms with Gasteiger partial charge in [0.25, 0.3) is 0 Å². The molecule has 0 spiro atoms. The minimum absolute atomic E-state index is 0.0126. The van der Waals surface area contributed by atoms with Crippen LogP contribution in [0.1, 0.15) is 13.3 Å². The monoisotopic (exact) mass is 265 g/mol. The first-order chi connectivity index (χ1) is 7.83. The van der Waals surface area contributed by atoms with Crippen LogP contribution in [0.4, 0.5) is 18.9 Å². The summed E-state index contributed by atoms with van der Waals surface area (Å²) in [6.07, 6.45) is -4.41. The van der Waals surface area contributed by atoms with Gasteiger partial charge in [0.2, 0.25) is 5.91 Å². The SMILES string of the molecule is CCC(=O)N(CC(F)(F)F)c1ccc(Cl)cc1. The van der Waals surface area contributed by atoms with E-state index in [0.717, 1.165) is 0 Å². The lowest BCUT2D eigenvalue weighted by molar-refractivity contribution is -0.132. The number of carbonyl (C=O) groups excluding carboxylic acids is 1. The van der Waals surface area contributed by atoms with Crippen molar-refractivity contribution in [2.75, 3.05) is 11.4 Å². The zero-order valence-corrected chi connectivity index (χ0v) is 9.85. The number of amides is 1. The molecule has 1 aromatic rings. The van der Waals surface area contributed by atoms with Crippen molar-refractivity contribution < 1.29 is 18.0 Å². The molecular weight excluding hydrogens is 255 g/mol. The van der Waals surface area contributed by atoms with Crippen LogP contribution in [0.25, 0.3) is 0 Å². The summed E-state index contributed by atoms with van der Waals surface area (Å²) >= 11 is 5.64. The Morgan fingerprint density at radius 3 is 2.24 bits per heavy atom. The highest BCUT2D eigenvalue weighted by molar-refractivity contribution is 6.30. The van der Waals surface area contributed by atoms with E-state index in [1.165, 1.54) is 31.2 Å². The number of hydrogen-bond acceptors (Lipinski definition) is 1. The molecule has 2 nitrogen and oxygen atoms in total. The van der Waals surface area contributed by atoms with Crippen molar-refractivity contribution in [3.05, 3.63) is 29.3 Å². The van der Waals surface area contributed by atoms with E-state index >= 15 is 0 Å². The Labute approximate surface area is 102 Å². The van der Waals surface area contributed by atoms with Crippen LogP contribution >= 0.6 is 11.6 Å². The summed E-state index contributed by atoms with van der Waals surface area (Å²) in [6.45, 7) is 0.225. The number of nitrogens with zero attached hydrogens (tertiary/aromatic N) is 1. The summed E-state index contributed by atoms with van der Waals surface area (Å²) in [4.78, 5) is 12.2. The van der Waals surface area contributed by atoms with Gasteiger partial charge in [-0.1, -0.05) is 18.5 Å². The van der Waals surface area contributed by atoms with Crippen molar-refractivity contribution in [2.24, 2.45) is 0 Å².